The summed E-state index contributed by atoms with van der Waals surface area (Å²) in [5, 5.41) is 0. The highest BCUT2D eigenvalue weighted by Gasteiger charge is 2.18. The first-order chi connectivity index (χ1) is 6.75. The van der Waals surface area contributed by atoms with E-state index in [0.29, 0.717) is 18.6 Å². The van der Waals surface area contributed by atoms with Crippen molar-refractivity contribution in [3.05, 3.63) is 35.9 Å². The van der Waals surface area contributed by atoms with Crippen molar-refractivity contribution in [1.29, 1.82) is 0 Å². The van der Waals surface area contributed by atoms with Crippen molar-refractivity contribution in [2.45, 2.75) is 25.8 Å². The Hall–Kier alpha value is -1.44. The maximum Gasteiger partial charge on any atom is 0.140 e. The van der Waals surface area contributed by atoms with E-state index in [0.717, 1.165) is 11.3 Å². The van der Waals surface area contributed by atoms with Crippen molar-refractivity contribution in [1.82, 2.24) is 0 Å². The first-order valence-electron chi connectivity index (χ1n) is 4.89. The molecule has 1 aliphatic heterocycles. The van der Waals surface area contributed by atoms with Crippen LogP contribution in [0.3, 0.4) is 0 Å². The predicted octanol–water partition coefficient (Wildman–Crippen LogP) is 2.23. The van der Waals surface area contributed by atoms with Gasteiger partial charge in [0.05, 0.1) is 6.04 Å². The minimum Gasteiger partial charge on any atom is -0.299 e. The lowest BCUT2D eigenvalue weighted by Gasteiger charge is -2.16. The lowest BCUT2D eigenvalue weighted by Crippen LogP contribution is -2.21. The second kappa shape index (κ2) is 3.74. The molecule has 2 heteroatoms. The van der Waals surface area contributed by atoms with Crippen LogP contribution in [0, 0.1) is 0 Å². The van der Waals surface area contributed by atoms with E-state index in [1.54, 1.807) is 0 Å². The van der Waals surface area contributed by atoms with Crippen LogP contribution in [0.25, 0.3) is 0 Å². The van der Waals surface area contributed by atoms with Gasteiger partial charge in [0.1, 0.15) is 5.78 Å². The summed E-state index contributed by atoms with van der Waals surface area (Å²) >= 11 is 0. The third-order valence-corrected chi connectivity index (χ3v) is 2.37. The van der Waals surface area contributed by atoms with Crippen LogP contribution in [0.4, 0.5) is 0 Å². The molecule has 2 nitrogen and oxygen atoms in total. The van der Waals surface area contributed by atoms with E-state index in [4.69, 9.17) is 0 Å². The number of rotatable bonds is 1. The number of hydrogen-bond donors (Lipinski definition) is 0. The Kier molecular flexibility index (Phi) is 2.44. The van der Waals surface area contributed by atoms with Crippen molar-refractivity contribution in [2.75, 3.05) is 0 Å². The number of nitrogens with zero attached hydrogens (tertiary/aromatic N) is 1. The van der Waals surface area contributed by atoms with E-state index in [1.807, 2.05) is 37.3 Å². The summed E-state index contributed by atoms with van der Waals surface area (Å²) in [5.41, 5.74) is 2.02. The second-order valence-corrected chi connectivity index (χ2v) is 3.71. The largest absolute Gasteiger partial charge is 0.299 e. The van der Waals surface area contributed by atoms with E-state index >= 15 is 0 Å². The Morgan fingerprint density at radius 1 is 1.29 bits per heavy atom. The fourth-order valence-corrected chi connectivity index (χ4v) is 1.75. The van der Waals surface area contributed by atoms with E-state index in [1.165, 1.54) is 0 Å². The predicted molar refractivity (Wildman–Crippen MR) is 56.7 cm³/mol. The van der Waals surface area contributed by atoms with Crippen molar-refractivity contribution in [2.24, 2.45) is 4.99 Å². The Balaban J connectivity index is 2.31. The van der Waals surface area contributed by atoms with E-state index in [9.17, 15) is 4.79 Å². The lowest BCUT2D eigenvalue weighted by molar-refractivity contribution is -0.118. The molecular weight excluding hydrogens is 174 g/mol. The van der Waals surface area contributed by atoms with Gasteiger partial charge in [-0.1, -0.05) is 30.3 Å². The molecule has 1 aromatic rings. The normalized spacial score (nSPS) is 21.9. The van der Waals surface area contributed by atoms with Crippen LogP contribution in [0.5, 0.6) is 0 Å². The molecule has 0 bridgehead atoms. The second-order valence-electron chi connectivity index (χ2n) is 3.71. The van der Waals surface area contributed by atoms with Crippen molar-refractivity contribution < 1.29 is 4.79 Å². The van der Waals surface area contributed by atoms with E-state index in [2.05, 4.69) is 4.99 Å². The van der Waals surface area contributed by atoms with Gasteiger partial charge in [-0.3, -0.25) is 9.79 Å². The van der Waals surface area contributed by atoms with E-state index in [-0.39, 0.29) is 6.04 Å². The number of ketones is 1. The molecular formula is C12H13NO. The number of Topliss-reactive ketones (excluding diaryl/α,β-unsaturated/α-hetero) is 1. The molecule has 0 N–H and O–H groups in total. The molecule has 1 aromatic carbocycles. The molecule has 1 aliphatic rings. The lowest BCUT2D eigenvalue weighted by atomic mass is 9.98. The maximum absolute atomic E-state index is 11.4. The van der Waals surface area contributed by atoms with Gasteiger partial charge < -0.3 is 0 Å². The molecule has 1 heterocycles. The Morgan fingerprint density at radius 3 is 2.64 bits per heavy atom. The minimum atomic E-state index is 0.145. The smallest absolute Gasteiger partial charge is 0.140 e. The van der Waals surface area contributed by atoms with Gasteiger partial charge in [-0.25, -0.2) is 0 Å². The quantitative estimate of drug-likeness (QED) is 0.663. The molecule has 0 spiro atoms. The average Bonchev–Trinajstić information content (AvgIpc) is 2.18. The molecule has 0 saturated heterocycles. The van der Waals surface area contributed by atoms with Gasteiger partial charge in [-0.15, -0.1) is 0 Å². The maximum atomic E-state index is 11.4. The van der Waals surface area contributed by atoms with Gasteiger partial charge in [-0.05, 0) is 12.5 Å². The SMILES string of the molecule is CC1CC(=O)CC(c2ccccc2)=N1. The van der Waals surface area contributed by atoms with Crippen LogP contribution in [0.2, 0.25) is 0 Å². The van der Waals surface area contributed by atoms with Gasteiger partial charge in [0.2, 0.25) is 0 Å². The van der Waals surface area contributed by atoms with Crippen LogP contribution in [0.1, 0.15) is 25.3 Å². The van der Waals surface area contributed by atoms with Gasteiger partial charge in [0.15, 0.2) is 0 Å². The van der Waals surface area contributed by atoms with Crippen LogP contribution in [0.15, 0.2) is 35.3 Å². The summed E-state index contributed by atoms with van der Waals surface area (Å²) in [5.74, 6) is 0.298. The highest BCUT2D eigenvalue weighted by molar-refractivity contribution is 6.12. The number of hydrogen-bond acceptors (Lipinski definition) is 2. The van der Waals surface area contributed by atoms with Crippen molar-refractivity contribution in [3.8, 4) is 0 Å². The highest BCUT2D eigenvalue weighted by Crippen LogP contribution is 2.15. The summed E-state index contributed by atoms with van der Waals surface area (Å²) in [4.78, 5) is 15.9. The van der Waals surface area contributed by atoms with E-state index < -0.39 is 0 Å². The van der Waals surface area contributed by atoms with Crippen LogP contribution >= 0.6 is 0 Å². The molecule has 0 saturated carbocycles. The standard InChI is InChI=1S/C12H13NO/c1-9-7-11(14)8-12(13-9)10-5-3-2-4-6-10/h2-6,9H,7-8H2,1H3. The molecule has 0 fully saturated rings. The molecule has 0 aliphatic carbocycles. The van der Waals surface area contributed by atoms with Gasteiger partial charge in [-0.2, -0.15) is 0 Å². The fraction of sp³-hybridized carbons (Fsp3) is 0.333. The average molecular weight is 187 g/mol. The third-order valence-electron chi connectivity index (χ3n) is 2.37. The fourth-order valence-electron chi connectivity index (χ4n) is 1.75. The molecule has 1 unspecified atom stereocenters. The topological polar surface area (TPSA) is 29.4 Å². The number of carbonyl (C=O) groups is 1. The molecule has 2 rings (SSSR count). The molecule has 0 aromatic heterocycles. The monoisotopic (exact) mass is 187 g/mol. The van der Waals surface area contributed by atoms with Crippen molar-refractivity contribution >= 4 is 11.5 Å². The number of aliphatic imine (C=N–C) groups is 1. The van der Waals surface area contributed by atoms with Gasteiger partial charge >= 0.3 is 0 Å². The molecule has 72 valence electrons. The molecule has 14 heavy (non-hydrogen) atoms. The zero-order chi connectivity index (χ0) is 9.97. The summed E-state index contributed by atoms with van der Waals surface area (Å²) in [7, 11) is 0. The molecule has 0 radical (unpaired) electrons. The van der Waals surface area contributed by atoms with Gasteiger partial charge in [0, 0.05) is 18.6 Å². The first-order valence-corrected chi connectivity index (χ1v) is 4.89. The summed E-state index contributed by atoms with van der Waals surface area (Å²) in [6.45, 7) is 1.99. The zero-order valence-electron chi connectivity index (χ0n) is 8.23. The minimum absolute atomic E-state index is 0.145. The highest BCUT2D eigenvalue weighted by atomic mass is 16.1. The zero-order valence-corrected chi connectivity index (χ0v) is 8.23. The van der Waals surface area contributed by atoms with Gasteiger partial charge in [0.25, 0.3) is 0 Å². The summed E-state index contributed by atoms with van der Waals surface area (Å²) < 4.78 is 0. The summed E-state index contributed by atoms with van der Waals surface area (Å²) in [6.07, 6.45) is 1.09. The Bertz CT molecular complexity index is 367. The van der Waals surface area contributed by atoms with Crippen molar-refractivity contribution in [3.63, 3.8) is 0 Å². The Morgan fingerprint density at radius 2 is 2.00 bits per heavy atom. The molecule has 1 atom stereocenters. The van der Waals surface area contributed by atoms with Crippen LogP contribution < -0.4 is 0 Å². The Labute approximate surface area is 83.7 Å². The van der Waals surface area contributed by atoms with Crippen LogP contribution in [-0.2, 0) is 4.79 Å². The first kappa shape index (κ1) is 9.13. The van der Waals surface area contributed by atoms with Crippen LogP contribution in [-0.4, -0.2) is 17.5 Å². The number of benzene rings is 1. The summed E-state index contributed by atoms with van der Waals surface area (Å²) in [6, 6.07) is 10.1. The third kappa shape index (κ3) is 1.90. The number of carbonyl (C=O) groups excluding carboxylic acids is 1. The molecule has 0 amide bonds.